The first-order valence-electron chi connectivity index (χ1n) is 4.73. The highest BCUT2D eigenvalue weighted by molar-refractivity contribution is 7.09. The largest absolute Gasteiger partial charge is 0.351 e. The van der Waals surface area contributed by atoms with Crippen molar-refractivity contribution in [1.82, 2.24) is 15.6 Å². The third-order valence-corrected chi connectivity index (χ3v) is 2.66. The summed E-state index contributed by atoms with van der Waals surface area (Å²) in [7, 11) is 0. The Morgan fingerprint density at radius 3 is 3.20 bits per heavy atom. The second-order valence-corrected chi connectivity index (χ2v) is 4.08. The Morgan fingerprint density at radius 1 is 1.80 bits per heavy atom. The minimum Gasteiger partial charge on any atom is -0.351 e. The van der Waals surface area contributed by atoms with Crippen molar-refractivity contribution >= 4 is 17.2 Å². The number of nitrogens with one attached hydrogen (secondary N) is 2. The van der Waals surface area contributed by atoms with E-state index in [1.807, 2.05) is 6.92 Å². The lowest BCUT2D eigenvalue weighted by atomic mass is 10.3. The first-order chi connectivity index (χ1) is 7.24. The van der Waals surface area contributed by atoms with E-state index in [-0.39, 0.29) is 11.9 Å². The van der Waals surface area contributed by atoms with Gasteiger partial charge in [-0.25, -0.2) is 0 Å². The van der Waals surface area contributed by atoms with E-state index in [1.54, 1.807) is 29.1 Å². The van der Waals surface area contributed by atoms with Gasteiger partial charge in [-0.05, 0) is 6.92 Å². The van der Waals surface area contributed by atoms with Gasteiger partial charge < -0.3 is 10.6 Å². The summed E-state index contributed by atoms with van der Waals surface area (Å²) in [5.74, 6) is -0.0144. The monoisotopic (exact) mass is 225 g/mol. The number of aromatic nitrogens is 1. The molecule has 82 valence electrons. The number of carbonyl (C=O) groups is 1. The van der Waals surface area contributed by atoms with Crippen molar-refractivity contribution in [3.8, 4) is 0 Å². The second-order valence-electron chi connectivity index (χ2n) is 3.10. The molecule has 4 nitrogen and oxygen atoms in total. The summed E-state index contributed by atoms with van der Waals surface area (Å²) in [6.07, 6.45) is 3.46. The van der Waals surface area contributed by atoms with Crippen molar-refractivity contribution in [1.29, 1.82) is 0 Å². The third-order valence-electron chi connectivity index (χ3n) is 1.88. The van der Waals surface area contributed by atoms with Crippen LogP contribution >= 0.6 is 11.3 Å². The van der Waals surface area contributed by atoms with Crippen LogP contribution in [-0.4, -0.2) is 23.5 Å². The summed E-state index contributed by atoms with van der Waals surface area (Å²) < 4.78 is 0. The number of hydrogen-bond acceptors (Lipinski definition) is 4. The molecular formula is C10H15N3OS. The Hall–Kier alpha value is -1.20. The molecule has 0 spiro atoms. The van der Waals surface area contributed by atoms with E-state index in [9.17, 15) is 4.79 Å². The Bertz CT molecular complexity index is 310. The Balaban J connectivity index is 2.26. The van der Waals surface area contributed by atoms with Gasteiger partial charge in [0, 0.05) is 24.2 Å². The number of carbonyl (C=O) groups excluding carboxylic acids is 1. The van der Waals surface area contributed by atoms with Gasteiger partial charge >= 0.3 is 0 Å². The van der Waals surface area contributed by atoms with Gasteiger partial charge in [0.05, 0.1) is 11.6 Å². The normalized spacial score (nSPS) is 12.1. The van der Waals surface area contributed by atoms with Crippen LogP contribution in [0.2, 0.25) is 0 Å². The summed E-state index contributed by atoms with van der Waals surface area (Å²) in [5.41, 5.74) is 1.78. The van der Waals surface area contributed by atoms with Crippen molar-refractivity contribution in [2.45, 2.75) is 19.5 Å². The van der Waals surface area contributed by atoms with Gasteiger partial charge in [0.25, 0.3) is 0 Å². The lowest BCUT2D eigenvalue weighted by Gasteiger charge is -2.12. The second kappa shape index (κ2) is 6.31. The average Bonchev–Trinajstić information content (AvgIpc) is 2.75. The predicted octanol–water partition coefficient (Wildman–Crippen LogP) is 0.923. The van der Waals surface area contributed by atoms with Crippen LogP contribution in [0.1, 0.15) is 11.8 Å². The van der Waals surface area contributed by atoms with E-state index >= 15 is 0 Å². The molecule has 1 rings (SSSR count). The molecule has 0 radical (unpaired) electrons. The topological polar surface area (TPSA) is 54.0 Å². The number of thiazole rings is 1. The van der Waals surface area contributed by atoms with Gasteiger partial charge in [-0.15, -0.1) is 17.9 Å². The van der Waals surface area contributed by atoms with Crippen molar-refractivity contribution in [3.63, 3.8) is 0 Å². The third kappa shape index (κ3) is 4.22. The van der Waals surface area contributed by atoms with E-state index < -0.39 is 0 Å². The fraction of sp³-hybridized carbons (Fsp3) is 0.400. The SMILES string of the molecule is C=CCNC(=O)C(C)NCc1cncs1. The first kappa shape index (κ1) is 11.9. The summed E-state index contributed by atoms with van der Waals surface area (Å²) in [4.78, 5) is 16.5. The molecule has 1 aromatic heterocycles. The van der Waals surface area contributed by atoms with E-state index in [4.69, 9.17) is 0 Å². The van der Waals surface area contributed by atoms with Crippen molar-refractivity contribution in [2.75, 3.05) is 6.54 Å². The quantitative estimate of drug-likeness (QED) is 0.708. The molecule has 0 aliphatic heterocycles. The van der Waals surface area contributed by atoms with Crippen LogP contribution in [0.3, 0.4) is 0 Å². The van der Waals surface area contributed by atoms with Gasteiger partial charge in [-0.2, -0.15) is 0 Å². The molecule has 0 aliphatic rings. The molecule has 0 aliphatic carbocycles. The van der Waals surface area contributed by atoms with E-state index in [1.165, 1.54) is 0 Å². The van der Waals surface area contributed by atoms with Crippen molar-refractivity contribution in [2.24, 2.45) is 0 Å². The molecule has 0 saturated heterocycles. The van der Waals surface area contributed by atoms with Crippen LogP contribution in [0.4, 0.5) is 0 Å². The van der Waals surface area contributed by atoms with E-state index in [0.717, 1.165) is 4.88 Å². The Morgan fingerprint density at radius 2 is 2.60 bits per heavy atom. The molecule has 2 N–H and O–H groups in total. The van der Waals surface area contributed by atoms with Crippen molar-refractivity contribution in [3.05, 3.63) is 29.2 Å². The maximum atomic E-state index is 11.4. The molecular weight excluding hydrogens is 210 g/mol. The Labute approximate surface area is 93.4 Å². The molecule has 1 amide bonds. The maximum Gasteiger partial charge on any atom is 0.237 e. The smallest absolute Gasteiger partial charge is 0.237 e. The highest BCUT2D eigenvalue weighted by Crippen LogP contribution is 2.04. The van der Waals surface area contributed by atoms with E-state index in [2.05, 4.69) is 22.2 Å². The van der Waals surface area contributed by atoms with Gasteiger partial charge in [-0.3, -0.25) is 9.78 Å². The molecule has 15 heavy (non-hydrogen) atoms. The summed E-state index contributed by atoms with van der Waals surface area (Å²) in [5, 5.41) is 5.85. The van der Waals surface area contributed by atoms with Crippen LogP contribution in [0, 0.1) is 0 Å². The fourth-order valence-electron chi connectivity index (χ4n) is 1.00. The molecule has 0 saturated carbocycles. The van der Waals surface area contributed by atoms with Gasteiger partial charge in [-0.1, -0.05) is 6.08 Å². The maximum absolute atomic E-state index is 11.4. The zero-order valence-electron chi connectivity index (χ0n) is 8.69. The number of amides is 1. The number of rotatable bonds is 6. The van der Waals surface area contributed by atoms with Crippen LogP contribution < -0.4 is 10.6 Å². The Kier molecular flexibility index (Phi) is 5.00. The number of nitrogens with zero attached hydrogens (tertiary/aromatic N) is 1. The molecule has 1 aromatic rings. The van der Waals surface area contributed by atoms with Crippen LogP contribution in [0.15, 0.2) is 24.4 Å². The van der Waals surface area contributed by atoms with Crippen molar-refractivity contribution < 1.29 is 4.79 Å². The molecule has 0 fully saturated rings. The molecule has 1 unspecified atom stereocenters. The summed E-state index contributed by atoms with van der Waals surface area (Å²) >= 11 is 1.57. The zero-order chi connectivity index (χ0) is 11.1. The molecule has 1 atom stereocenters. The lowest BCUT2D eigenvalue weighted by Crippen LogP contribution is -2.41. The number of hydrogen-bond donors (Lipinski definition) is 2. The predicted molar refractivity (Wildman–Crippen MR) is 61.6 cm³/mol. The van der Waals surface area contributed by atoms with Gasteiger partial charge in [0.15, 0.2) is 0 Å². The minimum atomic E-state index is -0.202. The molecule has 1 heterocycles. The molecule has 0 bridgehead atoms. The summed E-state index contributed by atoms with van der Waals surface area (Å²) in [6, 6.07) is -0.202. The zero-order valence-corrected chi connectivity index (χ0v) is 9.51. The van der Waals surface area contributed by atoms with Gasteiger partial charge in [0.1, 0.15) is 0 Å². The summed E-state index contributed by atoms with van der Waals surface area (Å²) in [6.45, 7) is 6.55. The van der Waals surface area contributed by atoms with Crippen LogP contribution in [0.5, 0.6) is 0 Å². The average molecular weight is 225 g/mol. The molecule has 5 heteroatoms. The highest BCUT2D eigenvalue weighted by atomic mass is 32.1. The first-order valence-corrected chi connectivity index (χ1v) is 5.61. The van der Waals surface area contributed by atoms with E-state index in [0.29, 0.717) is 13.1 Å². The standard InChI is InChI=1S/C10H15N3OS/c1-3-4-12-10(14)8(2)13-6-9-5-11-7-15-9/h3,5,7-8,13H,1,4,6H2,2H3,(H,12,14). The van der Waals surface area contributed by atoms with Crippen LogP contribution in [-0.2, 0) is 11.3 Å². The minimum absolute atomic E-state index is 0.0144. The fourth-order valence-corrected chi connectivity index (χ4v) is 1.55. The van der Waals surface area contributed by atoms with Crippen LogP contribution in [0.25, 0.3) is 0 Å². The lowest BCUT2D eigenvalue weighted by molar-refractivity contribution is -0.122. The van der Waals surface area contributed by atoms with Gasteiger partial charge in [0.2, 0.25) is 5.91 Å². The molecule has 0 aromatic carbocycles. The highest BCUT2D eigenvalue weighted by Gasteiger charge is 2.10.